The maximum atomic E-state index is 12.5. The predicted molar refractivity (Wildman–Crippen MR) is 96.8 cm³/mol. The molecule has 0 radical (unpaired) electrons. The van der Waals surface area contributed by atoms with Crippen molar-refractivity contribution in [1.82, 2.24) is 20.4 Å². The maximum absolute atomic E-state index is 12.5. The van der Waals surface area contributed by atoms with Crippen LogP contribution in [0.5, 0.6) is 0 Å². The van der Waals surface area contributed by atoms with E-state index < -0.39 is 18.6 Å². The summed E-state index contributed by atoms with van der Waals surface area (Å²) in [5, 5.41) is 14.9. The lowest BCUT2D eigenvalue weighted by Crippen LogP contribution is -2.29. The lowest BCUT2D eigenvalue weighted by Gasteiger charge is -2.13. The van der Waals surface area contributed by atoms with Crippen molar-refractivity contribution in [2.45, 2.75) is 31.6 Å². The first-order valence-corrected chi connectivity index (χ1v) is 9.20. The van der Waals surface area contributed by atoms with Crippen LogP contribution < -0.4 is 11.1 Å². The minimum absolute atomic E-state index is 0.0882. The van der Waals surface area contributed by atoms with Crippen molar-refractivity contribution in [3.8, 4) is 0 Å². The van der Waals surface area contributed by atoms with Crippen LogP contribution >= 0.6 is 27.3 Å². The second-order valence-electron chi connectivity index (χ2n) is 5.65. The molecule has 0 saturated carbocycles. The molecule has 3 aromatic heterocycles. The molecule has 6 nitrogen and oxygen atoms in total. The molecule has 1 atom stereocenters. The highest BCUT2D eigenvalue weighted by Gasteiger charge is 2.31. The molecule has 0 aliphatic carbocycles. The number of anilines is 1. The molecule has 0 spiro atoms. The van der Waals surface area contributed by atoms with Crippen LogP contribution in [0.1, 0.15) is 16.9 Å². The van der Waals surface area contributed by atoms with Crippen LogP contribution in [-0.2, 0) is 13.0 Å². The average Bonchev–Trinajstić information content (AvgIpc) is 2.89. The maximum Gasteiger partial charge on any atom is 0.390 e. The summed E-state index contributed by atoms with van der Waals surface area (Å²) in [6.07, 6.45) is -1.86. The molecule has 0 aromatic carbocycles. The van der Waals surface area contributed by atoms with E-state index in [-0.39, 0.29) is 6.42 Å². The van der Waals surface area contributed by atoms with Crippen molar-refractivity contribution in [3.05, 3.63) is 39.4 Å². The number of hydrogen-bond donors (Lipinski definition) is 2. The number of aromatic nitrogens is 4. The highest BCUT2D eigenvalue weighted by molar-refractivity contribution is 9.10. The topological polar surface area (TPSA) is 89.6 Å². The van der Waals surface area contributed by atoms with Crippen molar-refractivity contribution >= 4 is 43.3 Å². The molecule has 0 aliphatic heterocycles. The Morgan fingerprint density at radius 3 is 2.65 bits per heavy atom. The lowest BCUT2D eigenvalue weighted by atomic mass is 10.1. The molecule has 3 aromatic rings. The highest BCUT2D eigenvalue weighted by Crippen LogP contribution is 2.38. The van der Waals surface area contributed by atoms with E-state index in [2.05, 4.69) is 41.6 Å². The third-order valence-electron chi connectivity index (χ3n) is 3.55. The third-order valence-corrected chi connectivity index (χ3v) is 5.87. The van der Waals surface area contributed by atoms with E-state index in [4.69, 9.17) is 5.73 Å². The van der Waals surface area contributed by atoms with E-state index in [0.717, 1.165) is 10.3 Å². The number of hydrogen-bond acceptors (Lipinski definition) is 7. The standard InChI is InChI=1S/C15H14BrF3N6S/c16-11-10(5-9(20)6-15(17,18)19)26-13-12(11)23-25-24-14(13)22-7-8-1-3-21-4-2-8/h1-4,9H,5-7,20H2,(H,22,23,24)/t9-/m1/s1. The molecule has 0 unspecified atom stereocenters. The molecule has 26 heavy (non-hydrogen) atoms. The van der Waals surface area contributed by atoms with Crippen molar-refractivity contribution in [3.63, 3.8) is 0 Å². The number of nitrogens with two attached hydrogens (primary N) is 1. The van der Waals surface area contributed by atoms with Gasteiger partial charge in [0.05, 0.1) is 10.9 Å². The van der Waals surface area contributed by atoms with Crippen molar-refractivity contribution in [2.75, 3.05) is 5.32 Å². The Labute approximate surface area is 159 Å². The van der Waals surface area contributed by atoms with Crippen LogP contribution in [0.3, 0.4) is 0 Å². The van der Waals surface area contributed by atoms with Gasteiger partial charge in [-0.15, -0.1) is 21.5 Å². The van der Waals surface area contributed by atoms with E-state index in [9.17, 15) is 13.2 Å². The van der Waals surface area contributed by atoms with Crippen LogP contribution in [0.25, 0.3) is 10.2 Å². The number of fused-ring (bicyclic) bond motifs is 1. The number of nitrogens with one attached hydrogen (secondary N) is 1. The van der Waals surface area contributed by atoms with Crippen LogP contribution in [0.15, 0.2) is 29.0 Å². The van der Waals surface area contributed by atoms with Crippen LogP contribution in [0.4, 0.5) is 19.0 Å². The van der Waals surface area contributed by atoms with E-state index in [1.165, 1.54) is 11.3 Å². The fourth-order valence-corrected chi connectivity index (χ4v) is 4.39. The Balaban J connectivity index is 1.81. The van der Waals surface area contributed by atoms with Crippen molar-refractivity contribution in [1.29, 1.82) is 0 Å². The van der Waals surface area contributed by atoms with Crippen LogP contribution in [-0.4, -0.2) is 32.6 Å². The number of thiophene rings is 1. The molecule has 11 heteroatoms. The molecule has 138 valence electrons. The minimum Gasteiger partial charge on any atom is -0.363 e. The SMILES string of the molecule is N[C@H](Cc1sc2c(NCc3ccncc3)nnnc2c1Br)CC(F)(F)F. The number of nitrogens with zero attached hydrogens (tertiary/aromatic N) is 4. The summed E-state index contributed by atoms with van der Waals surface area (Å²) in [5.74, 6) is 0.521. The summed E-state index contributed by atoms with van der Waals surface area (Å²) in [7, 11) is 0. The van der Waals surface area contributed by atoms with E-state index in [0.29, 0.717) is 27.2 Å². The van der Waals surface area contributed by atoms with Gasteiger partial charge < -0.3 is 11.1 Å². The molecule has 3 N–H and O–H groups in total. The number of pyridine rings is 1. The second-order valence-corrected chi connectivity index (χ2v) is 7.55. The molecule has 0 saturated heterocycles. The second kappa shape index (κ2) is 7.80. The van der Waals surface area contributed by atoms with Crippen molar-refractivity contribution < 1.29 is 13.2 Å². The van der Waals surface area contributed by atoms with Gasteiger partial charge in [-0.1, -0.05) is 0 Å². The molecular formula is C15H14BrF3N6S. The molecule has 0 aliphatic rings. The largest absolute Gasteiger partial charge is 0.390 e. The smallest absolute Gasteiger partial charge is 0.363 e. The molecule has 3 heterocycles. The summed E-state index contributed by atoms with van der Waals surface area (Å²) in [6.45, 7) is 0.509. The first kappa shape index (κ1) is 18.9. The van der Waals surface area contributed by atoms with Gasteiger partial charge in [-0.05, 0) is 45.3 Å². The fraction of sp³-hybridized carbons (Fsp3) is 0.333. The van der Waals surface area contributed by atoms with Gasteiger partial charge in [-0.3, -0.25) is 4.98 Å². The zero-order valence-electron chi connectivity index (χ0n) is 13.3. The summed E-state index contributed by atoms with van der Waals surface area (Å²) >= 11 is 4.70. The normalized spacial score (nSPS) is 13.1. The quantitative estimate of drug-likeness (QED) is 0.600. The van der Waals surface area contributed by atoms with Gasteiger partial charge >= 0.3 is 6.18 Å². The van der Waals surface area contributed by atoms with Gasteiger partial charge in [-0.25, -0.2) is 0 Å². The summed E-state index contributed by atoms with van der Waals surface area (Å²) in [6, 6.07) is 2.71. The number of halogens is 4. The van der Waals surface area contributed by atoms with Gasteiger partial charge in [0, 0.05) is 29.9 Å². The first-order valence-electron chi connectivity index (χ1n) is 7.59. The van der Waals surface area contributed by atoms with Gasteiger partial charge in [0.15, 0.2) is 5.82 Å². The van der Waals surface area contributed by atoms with Crippen molar-refractivity contribution in [2.24, 2.45) is 5.73 Å². The zero-order chi connectivity index (χ0) is 18.7. The summed E-state index contributed by atoms with van der Waals surface area (Å²) in [5.41, 5.74) is 7.21. The Morgan fingerprint density at radius 2 is 1.96 bits per heavy atom. The van der Waals surface area contributed by atoms with E-state index in [1.807, 2.05) is 12.1 Å². The molecular weight excluding hydrogens is 433 g/mol. The summed E-state index contributed by atoms with van der Waals surface area (Å²) < 4.78 is 38.8. The predicted octanol–water partition coefficient (Wildman–Crippen LogP) is 3.68. The van der Waals surface area contributed by atoms with Crippen LogP contribution in [0.2, 0.25) is 0 Å². The van der Waals surface area contributed by atoms with Gasteiger partial charge in [0.1, 0.15) is 10.2 Å². The van der Waals surface area contributed by atoms with Gasteiger partial charge in [0.2, 0.25) is 0 Å². The number of rotatable bonds is 6. The van der Waals surface area contributed by atoms with Gasteiger partial charge in [-0.2, -0.15) is 13.2 Å². The molecule has 0 bridgehead atoms. The fourth-order valence-electron chi connectivity index (χ4n) is 2.40. The molecule has 3 rings (SSSR count). The Bertz CT molecular complexity index is 886. The van der Waals surface area contributed by atoms with E-state index in [1.54, 1.807) is 12.4 Å². The highest BCUT2D eigenvalue weighted by atomic mass is 79.9. The Hall–Kier alpha value is -1.85. The summed E-state index contributed by atoms with van der Waals surface area (Å²) in [4.78, 5) is 4.64. The number of alkyl halides is 3. The Morgan fingerprint density at radius 1 is 1.23 bits per heavy atom. The third kappa shape index (κ3) is 4.65. The monoisotopic (exact) mass is 446 g/mol. The first-order chi connectivity index (χ1) is 12.3. The van der Waals surface area contributed by atoms with E-state index >= 15 is 0 Å². The average molecular weight is 447 g/mol. The minimum atomic E-state index is -4.29. The zero-order valence-corrected chi connectivity index (χ0v) is 15.7. The van der Waals surface area contributed by atoms with Gasteiger partial charge in [0.25, 0.3) is 0 Å². The molecule has 0 amide bonds. The molecule has 0 fully saturated rings. The van der Waals surface area contributed by atoms with Crippen LogP contribution in [0, 0.1) is 0 Å². The lowest BCUT2D eigenvalue weighted by molar-refractivity contribution is -0.138. The Kier molecular flexibility index (Phi) is 5.68.